The van der Waals surface area contributed by atoms with Gasteiger partial charge in [-0.05, 0) is 22.0 Å². The minimum absolute atomic E-state index is 0.172. The Morgan fingerprint density at radius 3 is 2.50 bits per heavy atom. The molecule has 0 heterocycles. The smallest absolute Gasteiger partial charge is 0.279 e. The van der Waals surface area contributed by atoms with Crippen LogP contribution < -0.4 is 5.11 Å². The normalized spacial score (nSPS) is 9.86. The lowest BCUT2D eigenvalue weighted by molar-refractivity contribution is -0.386. The number of aromatic carboxylic acids is 1. The molecular weight excluding hydrogens is 261 g/mol. The van der Waals surface area contributed by atoms with Gasteiger partial charge in [0, 0.05) is 6.07 Å². The van der Waals surface area contributed by atoms with Gasteiger partial charge < -0.3 is 9.90 Å². The van der Waals surface area contributed by atoms with Gasteiger partial charge in [0.1, 0.15) is 5.82 Å². The third-order valence-corrected chi connectivity index (χ3v) is 2.06. The van der Waals surface area contributed by atoms with E-state index in [-0.39, 0.29) is 4.47 Å². The highest BCUT2D eigenvalue weighted by atomic mass is 79.9. The first kappa shape index (κ1) is 10.6. The molecule has 0 saturated carbocycles. The molecular formula is C7H2BrFNO4-. The fraction of sp³-hybridized carbons (Fsp3) is 0. The summed E-state index contributed by atoms with van der Waals surface area (Å²) < 4.78 is 12.7. The predicted octanol–water partition coefficient (Wildman–Crippen LogP) is 0.860. The fourth-order valence-corrected chi connectivity index (χ4v) is 1.18. The highest BCUT2D eigenvalue weighted by Gasteiger charge is 2.17. The van der Waals surface area contributed by atoms with Crippen LogP contribution in [0.4, 0.5) is 10.1 Å². The van der Waals surface area contributed by atoms with Gasteiger partial charge in [0.25, 0.3) is 5.69 Å². The van der Waals surface area contributed by atoms with Gasteiger partial charge in [0.2, 0.25) is 0 Å². The fourth-order valence-electron chi connectivity index (χ4n) is 0.851. The Hall–Kier alpha value is -1.50. The van der Waals surface area contributed by atoms with Gasteiger partial charge in [0.15, 0.2) is 0 Å². The van der Waals surface area contributed by atoms with Crippen LogP contribution in [0, 0.1) is 15.9 Å². The van der Waals surface area contributed by atoms with E-state index < -0.39 is 28.0 Å². The minimum atomic E-state index is -1.79. The molecule has 0 fully saturated rings. The molecule has 7 heteroatoms. The van der Waals surface area contributed by atoms with Gasteiger partial charge in [-0.3, -0.25) is 10.1 Å². The van der Waals surface area contributed by atoms with Crippen molar-refractivity contribution in [3.8, 4) is 0 Å². The Morgan fingerprint density at radius 2 is 2.07 bits per heavy atom. The maximum absolute atomic E-state index is 12.8. The number of nitrogens with zero attached hydrogens (tertiary/aromatic N) is 1. The SMILES string of the molecule is O=C([O-])c1cc(F)c(Br)cc1[N+](=O)[O-]. The molecule has 1 rings (SSSR count). The van der Waals surface area contributed by atoms with Crippen LogP contribution in [0.1, 0.15) is 10.4 Å². The standard InChI is InChI=1S/C7H3BrFNO4/c8-4-2-6(10(13)14)3(7(11)12)1-5(4)9/h1-2H,(H,11,12)/p-1. The lowest BCUT2D eigenvalue weighted by atomic mass is 10.2. The summed E-state index contributed by atoms with van der Waals surface area (Å²) in [5.41, 5.74) is -1.49. The zero-order chi connectivity index (χ0) is 10.9. The zero-order valence-electron chi connectivity index (χ0n) is 6.49. The van der Waals surface area contributed by atoms with E-state index >= 15 is 0 Å². The molecule has 1 aromatic rings. The summed E-state index contributed by atoms with van der Waals surface area (Å²) in [4.78, 5) is 19.8. The van der Waals surface area contributed by atoms with E-state index in [0.29, 0.717) is 6.07 Å². The molecule has 14 heavy (non-hydrogen) atoms. The van der Waals surface area contributed by atoms with Crippen molar-refractivity contribution in [2.75, 3.05) is 0 Å². The first-order valence-electron chi connectivity index (χ1n) is 3.28. The molecule has 0 atom stereocenters. The predicted molar refractivity (Wildman–Crippen MR) is 45.1 cm³/mol. The number of carbonyl (C=O) groups is 1. The second kappa shape index (κ2) is 3.70. The van der Waals surface area contributed by atoms with Crippen molar-refractivity contribution in [1.82, 2.24) is 0 Å². The number of rotatable bonds is 2. The Kier molecular flexibility index (Phi) is 2.80. The summed E-state index contributed by atoms with van der Waals surface area (Å²) in [6, 6.07) is 1.32. The van der Waals surface area contributed by atoms with Crippen molar-refractivity contribution in [3.05, 3.63) is 38.1 Å². The number of carboxylic acid groups (broad SMARTS) is 1. The van der Waals surface area contributed by atoms with Gasteiger partial charge in [-0.1, -0.05) is 0 Å². The second-order valence-electron chi connectivity index (χ2n) is 2.33. The number of carbonyl (C=O) groups excluding carboxylic acids is 1. The maximum Gasteiger partial charge on any atom is 0.279 e. The highest BCUT2D eigenvalue weighted by Crippen LogP contribution is 2.25. The first-order valence-corrected chi connectivity index (χ1v) is 4.07. The largest absolute Gasteiger partial charge is 0.545 e. The number of nitro groups is 1. The van der Waals surface area contributed by atoms with E-state index in [1.54, 1.807) is 0 Å². The number of nitro benzene ring substituents is 1. The molecule has 0 bridgehead atoms. The number of benzene rings is 1. The topological polar surface area (TPSA) is 83.3 Å². The number of carboxylic acids is 1. The van der Waals surface area contributed by atoms with Crippen molar-refractivity contribution in [1.29, 1.82) is 0 Å². The molecule has 74 valence electrons. The molecule has 0 aliphatic heterocycles. The third kappa shape index (κ3) is 1.87. The quantitative estimate of drug-likeness (QED) is 0.585. The van der Waals surface area contributed by atoms with Crippen LogP contribution in [-0.4, -0.2) is 10.9 Å². The summed E-state index contributed by atoms with van der Waals surface area (Å²) in [6.07, 6.45) is 0. The molecule has 5 nitrogen and oxygen atoms in total. The summed E-state index contributed by atoms with van der Waals surface area (Å²) in [5, 5.41) is 20.8. The lowest BCUT2D eigenvalue weighted by Gasteiger charge is -2.04. The van der Waals surface area contributed by atoms with E-state index in [1.807, 2.05) is 0 Å². The van der Waals surface area contributed by atoms with Gasteiger partial charge in [-0.25, -0.2) is 4.39 Å². The van der Waals surface area contributed by atoms with Crippen molar-refractivity contribution in [2.45, 2.75) is 0 Å². The average molecular weight is 263 g/mol. The molecule has 0 unspecified atom stereocenters. The van der Waals surface area contributed by atoms with E-state index in [9.17, 15) is 24.4 Å². The van der Waals surface area contributed by atoms with Gasteiger partial charge >= 0.3 is 0 Å². The third-order valence-electron chi connectivity index (χ3n) is 1.46. The molecule has 0 saturated heterocycles. The average Bonchev–Trinajstić information content (AvgIpc) is 2.08. The van der Waals surface area contributed by atoms with Gasteiger partial charge in [0.05, 0.1) is 20.9 Å². The van der Waals surface area contributed by atoms with Crippen LogP contribution in [-0.2, 0) is 0 Å². The monoisotopic (exact) mass is 262 g/mol. The molecule has 0 spiro atoms. The highest BCUT2D eigenvalue weighted by molar-refractivity contribution is 9.10. The van der Waals surface area contributed by atoms with Crippen molar-refractivity contribution in [2.24, 2.45) is 0 Å². The molecule has 0 amide bonds. The van der Waals surface area contributed by atoms with Gasteiger partial charge in [-0.15, -0.1) is 0 Å². The summed E-state index contributed by atoms with van der Waals surface area (Å²) in [7, 11) is 0. The van der Waals surface area contributed by atoms with E-state index in [4.69, 9.17) is 0 Å². The van der Waals surface area contributed by atoms with Crippen LogP contribution >= 0.6 is 15.9 Å². The molecule has 0 aromatic heterocycles. The number of hydrogen-bond donors (Lipinski definition) is 0. The van der Waals surface area contributed by atoms with Crippen LogP contribution in [0.3, 0.4) is 0 Å². The van der Waals surface area contributed by atoms with E-state index in [1.165, 1.54) is 0 Å². The van der Waals surface area contributed by atoms with Crippen LogP contribution in [0.5, 0.6) is 0 Å². The zero-order valence-corrected chi connectivity index (χ0v) is 8.08. The van der Waals surface area contributed by atoms with Crippen LogP contribution in [0.25, 0.3) is 0 Å². The summed E-state index contributed by atoms with van der Waals surface area (Å²) >= 11 is 2.70. The maximum atomic E-state index is 12.8. The first-order chi connectivity index (χ1) is 6.43. The number of hydrogen-bond acceptors (Lipinski definition) is 4. The molecule has 0 radical (unpaired) electrons. The minimum Gasteiger partial charge on any atom is -0.545 e. The second-order valence-corrected chi connectivity index (χ2v) is 3.18. The molecule has 0 aliphatic carbocycles. The molecule has 0 aliphatic rings. The molecule has 0 N–H and O–H groups in total. The van der Waals surface area contributed by atoms with Gasteiger partial charge in [-0.2, -0.15) is 0 Å². The van der Waals surface area contributed by atoms with E-state index in [0.717, 1.165) is 6.07 Å². The van der Waals surface area contributed by atoms with Crippen LogP contribution in [0.2, 0.25) is 0 Å². The Morgan fingerprint density at radius 1 is 1.50 bits per heavy atom. The van der Waals surface area contributed by atoms with Crippen molar-refractivity contribution >= 4 is 27.6 Å². The Bertz CT molecular complexity index is 381. The summed E-state index contributed by atoms with van der Waals surface area (Å²) in [6.45, 7) is 0. The molecule has 1 aromatic carbocycles. The number of halogens is 2. The van der Waals surface area contributed by atoms with Crippen molar-refractivity contribution in [3.63, 3.8) is 0 Å². The Balaban J connectivity index is 3.46. The van der Waals surface area contributed by atoms with Crippen molar-refractivity contribution < 1.29 is 19.2 Å². The Labute approximate surface area is 85.4 Å². The lowest BCUT2D eigenvalue weighted by Crippen LogP contribution is -2.23. The van der Waals surface area contributed by atoms with Crippen LogP contribution in [0.15, 0.2) is 16.6 Å². The summed E-state index contributed by atoms with van der Waals surface area (Å²) in [5.74, 6) is -2.68. The van der Waals surface area contributed by atoms with E-state index in [2.05, 4.69) is 15.9 Å².